The summed E-state index contributed by atoms with van der Waals surface area (Å²) in [7, 11) is 0. The normalized spacial score (nSPS) is 14.1. The van der Waals surface area contributed by atoms with E-state index in [4.69, 9.17) is 19.5 Å². The molecule has 2 heterocycles. The number of aliphatic hydroxyl groups is 2. The SMILES string of the molecule is C[C@@H](Oc1ccc(C(=O)C2CC2)nc1)c1nc(-c2ccc(C(=O)NC(CO)CO)c(F)c2)no1. The van der Waals surface area contributed by atoms with E-state index in [2.05, 4.69) is 20.4 Å². The molecule has 0 aliphatic heterocycles. The second kappa shape index (κ2) is 10.1. The molecule has 34 heavy (non-hydrogen) atoms. The number of pyridine rings is 1. The zero-order chi connectivity index (χ0) is 24.2. The van der Waals surface area contributed by atoms with Crippen molar-refractivity contribution in [3.05, 3.63) is 59.5 Å². The van der Waals surface area contributed by atoms with Gasteiger partial charge in [0, 0.05) is 11.5 Å². The van der Waals surface area contributed by atoms with Gasteiger partial charge in [0.15, 0.2) is 11.9 Å². The monoisotopic (exact) mass is 470 g/mol. The van der Waals surface area contributed by atoms with Crippen LogP contribution in [-0.4, -0.2) is 56.3 Å². The Morgan fingerprint density at radius 2 is 2.00 bits per heavy atom. The summed E-state index contributed by atoms with van der Waals surface area (Å²) in [5, 5.41) is 24.3. The highest BCUT2D eigenvalue weighted by Crippen LogP contribution is 2.32. The van der Waals surface area contributed by atoms with Crippen molar-refractivity contribution in [1.82, 2.24) is 20.4 Å². The van der Waals surface area contributed by atoms with E-state index in [1.54, 1.807) is 19.1 Å². The molecular formula is C23H23FN4O6. The number of ether oxygens (including phenoxy) is 1. The molecule has 1 aliphatic rings. The molecule has 1 aromatic carbocycles. The number of carbonyl (C=O) groups is 2. The Hall–Kier alpha value is -3.70. The molecule has 0 unspecified atom stereocenters. The molecule has 0 bridgehead atoms. The fourth-order valence-corrected chi connectivity index (χ4v) is 3.17. The number of nitrogens with one attached hydrogen (secondary N) is 1. The van der Waals surface area contributed by atoms with Crippen molar-refractivity contribution in [3.63, 3.8) is 0 Å². The van der Waals surface area contributed by atoms with Crippen molar-refractivity contribution < 1.29 is 33.5 Å². The lowest BCUT2D eigenvalue weighted by atomic mass is 10.1. The maximum absolute atomic E-state index is 14.5. The van der Waals surface area contributed by atoms with Crippen molar-refractivity contribution in [2.24, 2.45) is 5.92 Å². The van der Waals surface area contributed by atoms with E-state index in [1.165, 1.54) is 18.3 Å². The zero-order valence-electron chi connectivity index (χ0n) is 18.3. The first-order valence-corrected chi connectivity index (χ1v) is 10.7. The number of ketones is 1. The molecule has 3 N–H and O–H groups in total. The average molecular weight is 470 g/mol. The molecule has 0 saturated heterocycles. The molecule has 1 saturated carbocycles. The standard InChI is InChI=1S/C23H23FN4O6/c1-12(33-16-5-7-19(25-9-16)20(31)13-2-3-13)23-27-21(28-34-23)14-4-6-17(18(24)8-14)22(32)26-15(10-29)11-30/h4-9,12-13,15,29-30H,2-3,10-11H2,1H3,(H,26,32)/t12-/m1/s1. The van der Waals surface area contributed by atoms with E-state index in [1.807, 2.05) is 0 Å². The van der Waals surface area contributed by atoms with E-state index < -0.39 is 37.1 Å². The van der Waals surface area contributed by atoms with Crippen molar-refractivity contribution in [2.75, 3.05) is 13.2 Å². The molecule has 0 spiro atoms. The first-order valence-electron chi connectivity index (χ1n) is 10.7. The summed E-state index contributed by atoms with van der Waals surface area (Å²) in [6.45, 7) is 0.729. The van der Waals surface area contributed by atoms with Crippen LogP contribution in [0, 0.1) is 11.7 Å². The predicted molar refractivity (Wildman–Crippen MR) is 115 cm³/mol. The lowest BCUT2D eigenvalue weighted by molar-refractivity contribution is 0.0875. The number of aliphatic hydroxyl groups excluding tert-OH is 2. The Morgan fingerprint density at radius 1 is 1.24 bits per heavy atom. The number of carbonyl (C=O) groups excluding carboxylic acids is 2. The Kier molecular flexibility index (Phi) is 6.94. The summed E-state index contributed by atoms with van der Waals surface area (Å²) in [4.78, 5) is 32.6. The van der Waals surface area contributed by atoms with Crippen LogP contribution in [0.2, 0.25) is 0 Å². The van der Waals surface area contributed by atoms with E-state index in [-0.39, 0.29) is 34.5 Å². The highest BCUT2D eigenvalue weighted by atomic mass is 19.1. The molecule has 2 aromatic heterocycles. The lowest BCUT2D eigenvalue weighted by Gasteiger charge is -2.13. The molecule has 4 rings (SSSR count). The summed E-state index contributed by atoms with van der Waals surface area (Å²) >= 11 is 0. The van der Waals surface area contributed by atoms with Crippen LogP contribution in [0.5, 0.6) is 5.75 Å². The quantitative estimate of drug-likeness (QED) is 0.379. The van der Waals surface area contributed by atoms with E-state index in [0.29, 0.717) is 11.4 Å². The van der Waals surface area contributed by atoms with Gasteiger partial charge < -0.3 is 24.8 Å². The maximum Gasteiger partial charge on any atom is 0.267 e. The molecule has 0 radical (unpaired) electrons. The number of benzene rings is 1. The van der Waals surface area contributed by atoms with Crippen LogP contribution in [-0.2, 0) is 0 Å². The highest BCUT2D eigenvalue weighted by Gasteiger charge is 2.31. The first-order chi connectivity index (χ1) is 16.4. The minimum atomic E-state index is -0.891. The summed E-state index contributed by atoms with van der Waals surface area (Å²) in [6, 6.07) is 6.15. The molecule has 1 aliphatic carbocycles. The van der Waals surface area contributed by atoms with Gasteiger partial charge in [-0.05, 0) is 44.0 Å². The first kappa shape index (κ1) is 23.5. The third kappa shape index (κ3) is 5.26. The predicted octanol–water partition coefficient (Wildman–Crippen LogP) is 2.09. The van der Waals surface area contributed by atoms with Crippen LogP contribution in [0.25, 0.3) is 11.4 Å². The number of halogens is 1. The van der Waals surface area contributed by atoms with Gasteiger partial charge in [-0.3, -0.25) is 9.59 Å². The fourth-order valence-electron chi connectivity index (χ4n) is 3.17. The number of Topliss-reactive ketones (excluding diaryl/α,β-unsaturated/α-hetero) is 1. The number of hydrogen-bond acceptors (Lipinski definition) is 9. The summed E-state index contributed by atoms with van der Waals surface area (Å²) in [5.74, 6) is -0.809. The molecule has 178 valence electrons. The lowest BCUT2D eigenvalue weighted by Crippen LogP contribution is -2.40. The summed E-state index contributed by atoms with van der Waals surface area (Å²) in [5.41, 5.74) is 0.430. The van der Waals surface area contributed by atoms with Crippen LogP contribution >= 0.6 is 0 Å². The molecule has 3 aromatic rings. The zero-order valence-corrected chi connectivity index (χ0v) is 18.3. The van der Waals surface area contributed by atoms with Gasteiger partial charge in [0.1, 0.15) is 17.3 Å². The Balaban J connectivity index is 1.41. The van der Waals surface area contributed by atoms with E-state index in [9.17, 15) is 14.0 Å². The van der Waals surface area contributed by atoms with Crippen LogP contribution in [0.15, 0.2) is 41.1 Å². The second-order valence-electron chi connectivity index (χ2n) is 7.96. The smallest absolute Gasteiger partial charge is 0.267 e. The molecule has 1 atom stereocenters. The Bertz CT molecular complexity index is 1170. The highest BCUT2D eigenvalue weighted by molar-refractivity contribution is 5.97. The number of aromatic nitrogens is 3. The van der Waals surface area contributed by atoms with Crippen molar-refractivity contribution in [1.29, 1.82) is 0 Å². The summed E-state index contributed by atoms with van der Waals surface area (Å²) in [6.07, 6.45) is 2.63. The molecular weight excluding hydrogens is 447 g/mol. The summed E-state index contributed by atoms with van der Waals surface area (Å²) < 4.78 is 25.5. The van der Waals surface area contributed by atoms with Crippen LogP contribution in [0.3, 0.4) is 0 Å². The molecule has 10 nitrogen and oxygen atoms in total. The molecule has 1 amide bonds. The van der Waals surface area contributed by atoms with Gasteiger partial charge in [0.05, 0.1) is 31.0 Å². The largest absolute Gasteiger partial charge is 0.479 e. The third-order valence-corrected chi connectivity index (χ3v) is 5.29. The number of hydrogen-bond donors (Lipinski definition) is 3. The van der Waals surface area contributed by atoms with Gasteiger partial charge in [-0.25, -0.2) is 9.37 Å². The van der Waals surface area contributed by atoms with Gasteiger partial charge in [0.25, 0.3) is 11.8 Å². The molecule has 11 heteroatoms. The van der Waals surface area contributed by atoms with Gasteiger partial charge in [-0.15, -0.1) is 0 Å². The number of nitrogens with zero attached hydrogens (tertiary/aromatic N) is 3. The van der Waals surface area contributed by atoms with Gasteiger partial charge >= 0.3 is 0 Å². The third-order valence-electron chi connectivity index (χ3n) is 5.29. The van der Waals surface area contributed by atoms with Gasteiger partial charge in [-0.1, -0.05) is 11.2 Å². The second-order valence-corrected chi connectivity index (χ2v) is 7.96. The van der Waals surface area contributed by atoms with Crippen molar-refractivity contribution in [3.8, 4) is 17.1 Å². The fraction of sp³-hybridized carbons (Fsp3) is 0.348. The van der Waals surface area contributed by atoms with Gasteiger partial charge in [0.2, 0.25) is 5.82 Å². The topological polar surface area (TPSA) is 148 Å². The van der Waals surface area contributed by atoms with E-state index in [0.717, 1.165) is 18.9 Å². The van der Waals surface area contributed by atoms with Gasteiger partial charge in [-0.2, -0.15) is 4.98 Å². The number of amides is 1. The van der Waals surface area contributed by atoms with Crippen LogP contribution < -0.4 is 10.1 Å². The average Bonchev–Trinajstić information content (AvgIpc) is 3.58. The van der Waals surface area contributed by atoms with Crippen molar-refractivity contribution >= 4 is 11.7 Å². The van der Waals surface area contributed by atoms with Crippen LogP contribution in [0.1, 0.15) is 52.6 Å². The Labute approximate surface area is 193 Å². The maximum atomic E-state index is 14.5. The molecule has 1 fully saturated rings. The van der Waals surface area contributed by atoms with Crippen LogP contribution in [0.4, 0.5) is 4.39 Å². The minimum Gasteiger partial charge on any atom is -0.479 e. The van der Waals surface area contributed by atoms with Crippen molar-refractivity contribution in [2.45, 2.75) is 31.9 Å². The number of rotatable bonds is 10. The Morgan fingerprint density at radius 3 is 2.62 bits per heavy atom. The minimum absolute atomic E-state index is 0.0403. The van der Waals surface area contributed by atoms with E-state index >= 15 is 0 Å².